The van der Waals surface area contributed by atoms with Crippen LogP contribution < -0.4 is 0 Å². The first-order valence-electron chi connectivity index (χ1n) is 7.98. The van der Waals surface area contributed by atoms with Crippen LogP contribution in [0.1, 0.15) is 34.5 Å². The van der Waals surface area contributed by atoms with E-state index in [4.69, 9.17) is 0 Å². The summed E-state index contributed by atoms with van der Waals surface area (Å²) in [6.45, 7) is 3.74. The summed E-state index contributed by atoms with van der Waals surface area (Å²) in [6, 6.07) is 13.9. The molecule has 2 aromatic rings. The van der Waals surface area contributed by atoms with Crippen molar-refractivity contribution in [1.29, 1.82) is 0 Å². The van der Waals surface area contributed by atoms with E-state index in [1.165, 1.54) is 5.56 Å². The van der Waals surface area contributed by atoms with Crippen molar-refractivity contribution in [1.82, 2.24) is 9.88 Å². The smallest absolute Gasteiger partial charge is 0.253 e. The van der Waals surface area contributed by atoms with Gasteiger partial charge in [-0.3, -0.25) is 9.78 Å². The predicted octanol–water partition coefficient (Wildman–Crippen LogP) is 3.48. The molecule has 3 heteroatoms. The van der Waals surface area contributed by atoms with E-state index in [1.807, 2.05) is 54.4 Å². The molecule has 0 spiro atoms. The quantitative estimate of drug-likeness (QED) is 0.868. The van der Waals surface area contributed by atoms with E-state index >= 15 is 0 Å². The molecule has 0 aliphatic carbocycles. The minimum Gasteiger partial charge on any atom is -0.339 e. The minimum absolute atomic E-state index is 0.163. The molecule has 1 saturated heterocycles. The molecule has 22 heavy (non-hydrogen) atoms. The lowest BCUT2D eigenvalue weighted by molar-refractivity contribution is 0.0690. The molecule has 2 heterocycles. The van der Waals surface area contributed by atoms with Crippen LogP contribution in [0.15, 0.2) is 48.7 Å². The largest absolute Gasteiger partial charge is 0.339 e. The van der Waals surface area contributed by atoms with Crippen LogP contribution in [-0.4, -0.2) is 28.9 Å². The van der Waals surface area contributed by atoms with Crippen molar-refractivity contribution in [3.63, 3.8) is 0 Å². The summed E-state index contributed by atoms with van der Waals surface area (Å²) in [4.78, 5) is 18.9. The second kappa shape index (κ2) is 6.73. The summed E-state index contributed by atoms with van der Waals surface area (Å²) in [5, 5.41) is 0. The van der Waals surface area contributed by atoms with Crippen LogP contribution >= 0.6 is 0 Å². The van der Waals surface area contributed by atoms with E-state index in [0.717, 1.165) is 43.6 Å². The van der Waals surface area contributed by atoms with Gasteiger partial charge in [0.2, 0.25) is 0 Å². The molecule has 0 N–H and O–H groups in total. The average Bonchev–Trinajstić information content (AvgIpc) is 2.57. The van der Waals surface area contributed by atoms with Gasteiger partial charge in [-0.25, -0.2) is 0 Å². The summed E-state index contributed by atoms with van der Waals surface area (Å²) in [5.74, 6) is 0.799. The minimum atomic E-state index is 0.163. The number of likely N-dealkylation sites (tertiary alicyclic amines) is 1. The van der Waals surface area contributed by atoms with Gasteiger partial charge in [0.15, 0.2) is 0 Å². The molecule has 1 amide bonds. The molecule has 1 aromatic heterocycles. The number of aryl methyl sites for hydroxylation is 1. The Balaban J connectivity index is 1.55. The number of carbonyl (C=O) groups is 1. The number of piperidine rings is 1. The van der Waals surface area contributed by atoms with Crippen LogP contribution in [0.25, 0.3) is 0 Å². The predicted molar refractivity (Wildman–Crippen MR) is 87.7 cm³/mol. The standard InChI is InChI=1S/C19H22N2O/c1-15-5-7-17(8-6-15)19(22)21-12-9-16(10-13-21)14-18-4-2-3-11-20-18/h2-8,11,16H,9-10,12-14H2,1H3. The fourth-order valence-corrected chi connectivity index (χ4v) is 3.03. The Hall–Kier alpha value is -2.16. The summed E-state index contributed by atoms with van der Waals surface area (Å²) < 4.78 is 0. The Kier molecular flexibility index (Phi) is 4.52. The van der Waals surface area contributed by atoms with Crippen molar-refractivity contribution in [2.75, 3.05) is 13.1 Å². The number of carbonyl (C=O) groups excluding carboxylic acids is 1. The van der Waals surface area contributed by atoms with Gasteiger partial charge in [-0.05, 0) is 56.4 Å². The number of aromatic nitrogens is 1. The van der Waals surface area contributed by atoms with Crippen LogP contribution in [-0.2, 0) is 6.42 Å². The maximum absolute atomic E-state index is 12.5. The lowest BCUT2D eigenvalue weighted by Gasteiger charge is -2.32. The molecule has 1 aromatic carbocycles. The first-order chi connectivity index (χ1) is 10.7. The summed E-state index contributed by atoms with van der Waals surface area (Å²) in [7, 11) is 0. The highest BCUT2D eigenvalue weighted by molar-refractivity contribution is 5.94. The molecule has 0 atom stereocenters. The maximum atomic E-state index is 12.5. The van der Waals surface area contributed by atoms with E-state index in [1.54, 1.807) is 0 Å². The zero-order valence-electron chi connectivity index (χ0n) is 13.0. The molecule has 3 rings (SSSR count). The lowest BCUT2D eigenvalue weighted by atomic mass is 9.91. The Morgan fingerprint density at radius 3 is 2.50 bits per heavy atom. The number of nitrogens with zero attached hydrogens (tertiary/aromatic N) is 2. The highest BCUT2D eigenvalue weighted by Gasteiger charge is 2.23. The van der Waals surface area contributed by atoms with E-state index in [-0.39, 0.29) is 5.91 Å². The molecular formula is C19H22N2O. The zero-order chi connectivity index (χ0) is 15.4. The normalized spacial score (nSPS) is 15.8. The first kappa shape index (κ1) is 14.8. The van der Waals surface area contributed by atoms with Crippen molar-refractivity contribution in [3.8, 4) is 0 Å². The highest BCUT2D eigenvalue weighted by Crippen LogP contribution is 2.22. The zero-order valence-corrected chi connectivity index (χ0v) is 13.0. The van der Waals surface area contributed by atoms with Crippen LogP contribution in [0.4, 0.5) is 0 Å². The van der Waals surface area contributed by atoms with E-state index in [0.29, 0.717) is 5.92 Å². The van der Waals surface area contributed by atoms with Crippen molar-refractivity contribution < 1.29 is 4.79 Å². The molecule has 114 valence electrons. The topological polar surface area (TPSA) is 33.2 Å². The highest BCUT2D eigenvalue weighted by atomic mass is 16.2. The van der Waals surface area contributed by atoms with E-state index in [2.05, 4.69) is 11.1 Å². The summed E-state index contributed by atoms with van der Waals surface area (Å²) in [5.41, 5.74) is 3.14. The number of hydrogen-bond acceptors (Lipinski definition) is 2. The van der Waals surface area contributed by atoms with Gasteiger partial charge in [0, 0.05) is 30.5 Å². The molecule has 0 bridgehead atoms. The molecule has 0 saturated carbocycles. The molecule has 1 aliphatic heterocycles. The number of pyridine rings is 1. The van der Waals surface area contributed by atoms with Crippen molar-refractivity contribution >= 4 is 5.91 Å². The third kappa shape index (κ3) is 3.53. The van der Waals surface area contributed by atoms with Gasteiger partial charge in [-0.15, -0.1) is 0 Å². The number of benzene rings is 1. The SMILES string of the molecule is Cc1ccc(C(=O)N2CCC(Cc3ccccn3)CC2)cc1. The lowest BCUT2D eigenvalue weighted by Crippen LogP contribution is -2.38. The van der Waals surface area contributed by atoms with Crippen molar-refractivity contribution in [2.24, 2.45) is 5.92 Å². The van der Waals surface area contributed by atoms with Crippen LogP contribution in [0.5, 0.6) is 0 Å². The Morgan fingerprint density at radius 1 is 1.14 bits per heavy atom. The summed E-state index contributed by atoms with van der Waals surface area (Å²) >= 11 is 0. The van der Waals surface area contributed by atoms with Gasteiger partial charge >= 0.3 is 0 Å². The first-order valence-corrected chi connectivity index (χ1v) is 7.98. The Labute approximate surface area is 132 Å². The molecule has 0 radical (unpaired) electrons. The second-order valence-corrected chi connectivity index (χ2v) is 6.13. The molecule has 1 aliphatic rings. The Morgan fingerprint density at radius 2 is 1.86 bits per heavy atom. The van der Waals surface area contributed by atoms with Gasteiger partial charge in [0.05, 0.1) is 0 Å². The third-order valence-corrected chi connectivity index (χ3v) is 4.42. The van der Waals surface area contributed by atoms with Crippen LogP contribution in [0, 0.1) is 12.8 Å². The Bertz CT molecular complexity index is 614. The van der Waals surface area contributed by atoms with Gasteiger partial charge in [0.1, 0.15) is 0 Å². The number of rotatable bonds is 3. The van der Waals surface area contributed by atoms with Gasteiger partial charge in [-0.2, -0.15) is 0 Å². The van der Waals surface area contributed by atoms with Gasteiger partial charge in [-0.1, -0.05) is 23.8 Å². The number of amides is 1. The van der Waals surface area contributed by atoms with Crippen molar-refractivity contribution in [3.05, 3.63) is 65.5 Å². The molecule has 0 unspecified atom stereocenters. The molecule has 3 nitrogen and oxygen atoms in total. The van der Waals surface area contributed by atoms with E-state index < -0.39 is 0 Å². The number of hydrogen-bond donors (Lipinski definition) is 0. The van der Waals surface area contributed by atoms with Crippen LogP contribution in [0.3, 0.4) is 0 Å². The fraction of sp³-hybridized carbons (Fsp3) is 0.368. The van der Waals surface area contributed by atoms with Gasteiger partial charge in [0.25, 0.3) is 5.91 Å². The monoisotopic (exact) mass is 294 g/mol. The average molecular weight is 294 g/mol. The van der Waals surface area contributed by atoms with Crippen molar-refractivity contribution in [2.45, 2.75) is 26.2 Å². The molecule has 1 fully saturated rings. The van der Waals surface area contributed by atoms with E-state index in [9.17, 15) is 4.79 Å². The maximum Gasteiger partial charge on any atom is 0.253 e. The second-order valence-electron chi connectivity index (χ2n) is 6.13. The van der Waals surface area contributed by atoms with Gasteiger partial charge < -0.3 is 4.90 Å². The third-order valence-electron chi connectivity index (χ3n) is 4.42. The summed E-state index contributed by atoms with van der Waals surface area (Å²) in [6.07, 6.45) is 5.00. The van der Waals surface area contributed by atoms with Crippen LogP contribution in [0.2, 0.25) is 0 Å². The fourth-order valence-electron chi connectivity index (χ4n) is 3.03. The molecular weight excluding hydrogens is 272 g/mol.